The maximum Gasteiger partial charge on any atom is 0.246 e. The van der Waals surface area contributed by atoms with E-state index in [1.165, 1.54) is 11.6 Å². The molecule has 2 aromatic rings. The Hall–Kier alpha value is -3.20. The average molecular weight is 409 g/mol. The molecule has 1 fully saturated rings. The molecule has 9 heteroatoms. The minimum absolute atomic E-state index is 0.0201. The van der Waals surface area contributed by atoms with Crippen molar-refractivity contribution in [2.75, 3.05) is 36.9 Å². The Kier molecular flexibility index (Phi) is 6.08. The monoisotopic (exact) mass is 409 g/mol. The molecule has 0 saturated carbocycles. The summed E-state index contributed by atoms with van der Waals surface area (Å²) < 4.78 is 7.16. The van der Waals surface area contributed by atoms with Gasteiger partial charge < -0.3 is 20.3 Å². The first kappa shape index (κ1) is 20.1. The van der Waals surface area contributed by atoms with Gasteiger partial charge in [0.2, 0.25) is 11.9 Å². The van der Waals surface area contributed by atoms with Crippen LogP contribution < -0.4 is 10.6 Å². The number of aryl methyl sites for hydroxylation is 1. The number of anilines is 3. The first-order valence-electron chi connectivity index (χ1n) is 10.2. The molecule has 1 saturated heterocycles. The minimum atomic E-state index is -0.0201. The van der Waals surface area contributed by atoms with Crippen molar-refractivity contribution in [1.82, 2.24) is 24.6 Å². The van der Waals surface area contributed by atoms with Crippen LogP contribution in [0.5, 0.6) is 0 Å². The van der Waals surface area contributed by atoms with E-state index in [0.717, 1.165) is 42.9 Å². The summed E-state index contributed by atoms with van der Waals surface area (Å²) in [6.07, 6.45) is 11.7. The molecule has 158 valence electrons. The summed E-state index contributed by atoms with van der Waals surface area (Å²) in [6, 6.07) is 0.122. The van der Waals surface area contributed by atoms with E-state index in [4.69, 9.17) is 9.72 Å². The summed E-state index contributed by atoms with van der Waals surface area (Å²) in [5.41, 5.74) is 2.96. The molecule has 9 nitrogen and oxygen atoms in total. The van der Waals surface area contributed by atoms with Gasteiger partial charge >= 0.3 is 0 Å². The Labute approximate surface area is 175 Å². The molecule has 30 heavy (non-hydrogen) atoms. The Bertz CT molecular complexity index is 953. The molecule has 0 unspecified atom stereocenters. The van der Waals surface area contributed by atoms with Crippen molar-refractivity contribution in [2.45, 2.75) is 25.3 Å². The fraction of sp³-hybridized carbons (Fsp3) is 0.429. The van der Waals surface area contributed by atoms with Crippen LogP contribution in [-0.2, 0) is 16.6 Å². The molecule has 0 radical (unpaired) electrons. The molecule has 4 heterocycles. The number of amides is 1. The minimum Gasteiger partial charge on any atom is -0.377 e. The van der Waals surface area contributed by atoms with Crippen LogP contribution in [0, 0.1) is 0 Å². The Morgan fingerprint density at radius 3 is 3.07 bits per heavy atom. The number of hydrogen-bond donors (Lipinski definition) is 2. The van der Waals surface area contributed by atoms with Gasteiger partial charge in [-0.2, -0.15) is 10.1 Å². The molecule has 0 bridgehead atoms. The molecule has 0 spiro atoms. The van der Waals surface area contributed by atoms with Gasteiger partial charge in [-0.05, 0) is 30.9 Å². The number of likely N-dealkylation sites (tertiary alicyclic amines) is 1. The molecule has 2 aliphatic rings. The maximum atomic E-state index is 12.1. The summed E-state index contributed by atoms with van der Waals surface area (Å²) in [5.74, 6) is 1.23. The van der Waals surface area contributed by atoms with Crippen LogP contribution in [0.2, 0.25) is 0 Å². The fourth-order valence-corrected chi connectivity index (χ4v) is 3.87. The average Bonchev–Trinajstić information content (AvgIpc) is 3.41. The molecule has 2 aromatic heterocycles. The van der Waals surface area contributed by atoms with Crippen LogP contribution in [-0.4, -0.2) is 62.9 Å². The molecule has 0 aromatic carbocycles. The van der Waals surface area contributed by atoms with Gasteiger partial charge in [0.1, 0.15) is 5.82 Å². The predicted octanol–water partition coefficient (Wildman–Crippen LogP) is 2.35. The normalized spacial score (nSPS) is 18.8. The van der Waals surface area contributed by atoms with Crippen molar-refractivity contribution in [3.63, 3.8) is 0 Å². The van der Waals surface area contributed by atoms with Crippen molar-refractivity contribution in [2.24, 2.45) is 7.05 Å². The van der Waals surface area contributed by atoms with Gasteiger partial charge in [-0.1, -0.05) is 12.7 Å². The summed E-state index contributed by atoms with van der Waals surface area (Å²) in [7, 11) is 1.86. The number of rotatable bonds is 7. The lowest BCUT2D eigenvalue weighted by molar-refractivity contribution is -0.126. The highest BCUT2D eigenvalue weighted by molar-refractivity contribution is 5.87. The maximum absolute atomic E-state index is 12.1. The summed E-state index contributed by atoms with van der Waals surface area (Å²) >= 11 is 0. The third-order valence-corrected chi connectivity index (χ3v) is 5.40. The largest absolute Gasteiger partial charge is 0.377 e. The zero-order chi connectivity index (χ0) is 20.9. The molecule has 2 aliphatic heterocycles. The van der Waals surface area contributed by atoms with Gasteiger partial charge in [0.15, 0.2) is 0 Å². The van der Waals surface area contributed by atoms with E-state index in [1.807, 2.05) is 24.3 Å². The quantitative estimate of drug-likeness (QED) is 0.678. The Morgan fingerprint density at radius 1 is 1.43 bits per heavy atom. The van der Waals surface area contributed by atoms with E-state index in [0.29, 0.717) is 25.7 Å². The lowest BCUT2D eigenvalue weighted by atomic mass is 10.0. The van der Waals surface area contributed by atoms with E-state index in [1.54, 1.807) is 10.9 Å². The zero-order valence-electron chi connectivity index (χ0n) is 17.2. The van der Waals surface area contributed by atoms with Crippen molar-refractivity contribution >= 4 is 28.9 Å². The van der Waals surface area contributed by atoms with Gasteiger partial charge in [0.25, 0.3) is 0 Å². The highest BCUT2D eigenvalue weighted by atomic mass is 16.5. The molecule has 1 amide bonds. The lowest BCUT2D eigenvalue weighted by Crippen LogP contribution is -2.38. The molecular formula is C21H27N7O2. The third-order valence-electron chi connectivity index (χ3n) is 5.40. The molecule has 4 rings (SSSR count). The van der Waals surface area contributed by atoms with Gasteiger partial charge in [0, 0.05) is 44.1 Å². The summed E-state index contributed by atoms with van der Waals surface area (Å²) in [6.45, 7) is 6.29. The van der Waals surface area contributed by atoms with Gasteiger partial charge in [0.05, 0.1) is 25.1 Å². The summed E-state index contributed by atoms with van der Waals surface area (Å²) in [5, 5.41) is 10.8. The number of carbonyl (C=O) groups excluding carboxylic acids is 1. The number of aromatic nitrogens is 4. The van der Waals surface area contributed by atoms with E-state index < -0.39 is 0 Å². The van der Waals surface area contributed by atoms with Gasteiger partial charge in [-0.3, -0.25) is 9.48 Å². The van der Waals surface area contributed by atoms with Crippen LogP contribution in [0.4, 0.5) is 17.5 Å². The Balaban J connectivity index is 1.56. The van der Waals surface area contributed by atoms with Crippen molar-refractivity contribution in [3.05, 3.63) is 42.9 Å². The number of nitrogens with one attached hydrogen (secondary N) is 2. The SMILES string of the molecule is C=CC(=O)N1CCC[C@@H]1CNc1nc(Nc2cnn(C)c2)ncc1C1=CCOCC1. The van der Waals surface area contributed by atoms with E-state index in [-0.39, 0.29) is 11.9 Å². The molecular weight excluding hydrogens is 382 g/mol. The fourth-order valence-electron chi connectivity index (χ4n) is 3.87. The van der Waals surface area contributed by atoms with Crippen molar-refractivity contribution in [3.8, 4) is 0 Å². The topological polar surface area (TPSA) is 97.2 Å². The lowest BCUT2D eigenvalue weighted by Gasteiger charge is -2.25. The predicted molar refractivity (Wildman–Crippen MR) is 115 cm³/mol. The van der Waals surface area contributed by atoms with Crippen molar-refractivity contribution in [1.29, 1.82) is 0 Å². The second kappa shape index (κ2) is 9.08. The van der Waals surface area contributed by atoms with Crippen molar-refractivity contribution < 1.29 is 9.53 Å². The second-order valence-electron chi connectivity index (χ2n) is 7.45. The standard InChI is InChI=1S/C21H27N7O2/c1-3-19(29)28-8-4-5-17(28)12-22-20-18(15-6-9-30-10-7-15)13-23-21(26-20)25-16-11-24-27(2)14-16/h3,6,11,13-14,17H,1,4-5,7-10,12H2,2H3,(H2,22,23,25,26)/t17-/m1/s1. The van der Waals surface area contributed by atoms with Crippen LogP contribution in [0.15, 0.2) is 37.3 Å². The highest BCUT2D eigenvalue weighted by Gasteiger charge is 2.27. The molecule has 1 atom stereocenters. The number of hydrogen-bond acceptors (Lipinski definition) is 7. The number of ether oxygens (including phenoxy) is 1. The molecule has 0 aliphatic carbocycles. The number of carbonyl (C=O) groups is 1. The van der Waals surface area contributed by atoms with Crippen LogP contribution in [0.25, 0.3) is 5.57 Å². The van der Waals surface area contributed by atoms with E-state index >= 15 is 0 Å². The molecule has 2 N–H and O–H groups in total. The third kappa shape index (κ3) is 4.51. The highest BCUT2D eigenvalue weighted by Crippen LogP contribution is 2.28. The van der Waals surface area contributed by atoms with Crippen LogP contribution in [0.1, 0.15) is 24.8 Å². The van der Waals surface area contributed by atoms with E-state index in [2.05, 4.69) is 33.4 Å². The van der Waals surface area contributed by atoms with Gasteiger partial charge in [-0.15, -0.1) is 0 Å². The smallest absolute Gasteiger partial charge is 0.246 e. The Morgan fingerprint density at radius 2 is 2.33 bits per heavy atom. The first-order chi connectivity index (χ1) is 14.6. The van der Waals surface area contributed by atoms with Gasteiger partial charge in [-0.25, -0.2) is 4.98 Å². The zero-order valence-corrected chi connectivity index (χ0v) is 17.2. The van der Waals surface area contributed by atoms with Crippen LogP contribution in [0.3, 0.4) is 0 Å². The second-order valence-corrected chi connectivity index (χ2v) is 7.45. The van der Waals surface area contributed by atoms with Crippen LogP contribution >= 0.6 is 0 Å². The number of nitrogens with zero attached hydrogens (tertiary/aromatic N) is 5. The first-order valence-corrected chi connectivity index (χ1v) is 10.2. The van der Waals surface area contributed by atoms with E-state index in [9.17, 15) is 4.79 Å². The summed E-state index contributed by atoms with van der Waals surface area (Å²) in [4.78, 5) is 23.2.